The van der Waals surface area contributed by atoms with Crippen LogP contribution in [-0.4, -0.2) is 24.5 Å². The van der Waals surface area contributed by atoms with Gasteiger partial charge in [-0.3, -0.25) is 0 Å². The molecule has 0 N–H and O–H groups in total. The lowest BCUT2D eigenvalue weighted by molar-refractivity contribution is 0.186. The summed E-state index contributed by atoms with van der Waals surface area (Å²) in [5.74, 6) is 1.04. The van der Waals surface area contributed by atoms with Gasteiger partial charge in [-0.25, -0.2) is 0 Å². The van der Waals surface area contributed by atoms with Crippen molar-refractivity contribution in [1.82, 2.24) is 4.90 Å². The highest BCUT2D eigenvalue weighted by molar-refractivity contribution is 4.70. The first kappa shape index (κ1) is 9.05. The van der Waals surface area contributed by atoms with Crippen LogP contribution in [0.5, 0.6) is 0 Å². The maximum atomic E-state index is 2.56. The average Bonchev–Trinajstić information content (AvgIpc) is 2.07. The van der Waals surface area contributed by atoms with Crippen LogP contribution in [0, 0.1) is 5.92 Å². The molecular weight excluding hydrogens is 134 g/mol. The van der Waals surface area contributed by atoms with Gasteiger partial charge in [0, 0.05) is 0 Å². The minimum atomic E-state index is 1.04. The van der Waals surface area contributed by atoms with E-state index in [1.807, 2.05) is 0 Å². The van der Waals surface area contributed by atoms with Crippen molar-refractivity contribution in [2.75, 3.05) is 19.6 Å². The van der Waals surface area contributed by atoms with Gasteiger partial charge in [-0.05, 0) is 38.4 Å². The van der Waals surface area contributed by atoms with Crippen molar-refractivity contribution in [3.05, 3.63) is 0 Å². The quantitative estimate of drug-likeness (QED) is 0.605. The molecule has 1 saturated heterocycles. The Morgan fingerprint density at radius 3 is 2.27 bits per heavy atom. The molecule has 0 aliphatic carbocycles. The summed E-state index contributed by atoms with van der Waals surface area (Å²) in [6.07, 6.45) is 5.72. The molecule has 11 heavy (non-hydrogen) atoms. The zero-order valence-corrected chi connectivity index (χ0v) is 7.97. The summed E-state index contributed by atoms with van der Waals surface area (Å²) in [4.78, 5) is 2.56. The summed E-state index contributed by atoms with van der Waals surface area (Å²) in [6, 6.07) is 0. The van der Waals surface area contributed by atoms with Crippen LogP contribution in [-0.2, 0) is 0 Å². The highest BCUT2D eigenvalue weighted by Crippen LogP contribution is 2.20. The Kier molecular flexibility index (Phi) is 3.92. The van der Waals surface area contributed by atoms with Gasteiger partial charge in [-0.1, -0.05) is 26.7 Å². The molecular formula is C10H21N. The number of hydrogen-bond acceptors (Lipinski definition) is 1. The maximum Gasteiger partial charge on any atom is -0.00162 e. The molecule has 1 aliphatic heterocycles. The molecule has 0 spiro atoms. The molecule has 1 heteroatoms. The van der Waals surface area contributed by atoms with Crippen LogP contribution >= 0.6 is 0 Å². The summed E-state index contributed by atoms with van der Waals surface area (Å²) >= 11 is 0. The first-order valence-electron chi connectivity index (χ1n) is 5.09. The highest BCUT2D eigenvalue weighted by Gasteiger charge is 2.16. The molecule has 1 aliphatic rings. The van der Waals surface area contributed by atoms with Crippen LogP contribution in [0.15, 0.2) is 0 Å². The van der Waals surface area contributed by atoms with Gasteiger partial charge in [0.05, 0.1) is 0 Å². The third-order valence-electron chi connectivity index (χ3n) is 2.85. The Balaban J connectivity index is 2.14. The molecule has 0 aromatic heterocycles. The fourth-order valence-corrected chi connectivity index (χ4v) is 2.00. The average molecular weight is 155 g/mol. The topological polar surface area (TPSA) is 3.24 Å². The standard InChI is InChI=1S/C10H21N/c1-3-5-10-6-8-11(4-2)9-7-10/h10H,3-9H2,1-2H3. The van der Waals surface area contributed by atoms with Crippen molar-refractivity contribution < 1.29 is 0 Å². The molecule has 0 saturated carbocycles. The van der Waals surface area contributed by atoms with Crippen LogP contribution in [0.1, 0.15) is 39.5 Å². The molecule has 0 bridgehead atoms. The predicted molar refractivity (Wildman–Crippen MR) is 49.7 cm³/mol. The number of hydrogen-bond donors (Lipinski definition) is 0. The van der Waals surface area contributed by atoms with Gasteiger partial charge in [0.15, 0.2) is 0 Å². The van der Waals surface area contributed by atoms with E-state index >= 15 is 0 Å². The zero-order chi connectivity index (χ0) is 8.10. The molecule has 0 aromatic carbocycles. The van der Waals surface area contributed by atoms with E-state index in [1.54, 1.807) is 0 Å². The second-order valence-electron chi connectivity index (χ2n) is 3.67. The number of rotatable bonds is 3. The Bertz CT molecular complexity index is 93.0. The van der Waals surface area contributed by atoms with E-state index in [1.165, 1.54) is 45.3 Å². The van der Waals surface area contributed by atoms with Crippen LogP contribution in [0.2, 0.25) is 0 Å². The van der Waals surface area contributed by atoms with Crippen LogP contribution in [0.25, 0.3) is 0 Å². The smallest absolute Gasteiger partial charge is 0.00162 e. The summed E-state index contributed by atoms with van der Waals surface area (Å²) in [7, 11) is 0. The predicted octanol–water partition coefficient (Wildman–Crippen LogP) is 2.52. The van der Waals surface area contributed by atoms with E-state index in [0.29, 0.717) is 0 Å². The summed E-state index contributed by atoms with van der Waals surface area (Å²) in [5, 5.41) is 0. The Morgan fingerprint density at radius 2 is 1.82 bits per heavy atom. The zero-order valence-electron chi connectivity index (χ0n) is 7.97. The lowest BCUT2D eigenvalue weighted by Crippen LogP contribution is -2.33. The van der Waals surface area contributed by atoms with E-state index in [4.69, 9.17) is 0 Å². The SMILES string of the molecule is CCCC1CCN(CC)CC1. The van der Waals surface area contributed by atoms with Gasteiger partial charge < -0.3 is 4.90 Å². The second-order valence-corrected chi connectivity index (χ2v) is 3.67. The Morgan fingerprint density at radius 1 is 1.18 bits per heavy atom. The van der Waals surface area contributed by atoms with Crippen molar-refractivity contribution >= 4 is 0 Å². The van der Waals surface area contributed by atoms with Crippen molar-refractivity contribution in [2.45, 2.75) is 39.5 Å². The molecule has 0 atom stereocenters. The lowest BCUT2D eigenvalue weighted by atomic mass is 9.93. The van der Waals surface area contributed by atoms with Crippen molar-refractivity contribution in [3.63, 3.8) is 0 Å². The molecule has 66 valence electrons. The molecule has 1 fully saturated rings. The van der Waals surface area contributed by atoms with Gasteiger partial charge in [-0.15, -0.1) is 0 Å². The van der Waals surface area contributed by atoms with E-state index < -0.39 is 0 Å². The maximum absolute atomic E-state index is 2.56. The van der Waals surface area contributed by atoms with Crippen molar-refractivity contribution in [2.24, 2.45) is 5.92 Å². The molecule has 0 aromatic rings. The summed E-state index contributed by atoms with van der Waals surface area (Å²) in [5.41, 5.74) is 0. The second kappa shape index (κ2) is 4.76. The number of likely N-dealkylation sites (tertiary alicyclic amines) is 1. The Labute approximate surface area is 70.8 Å². The van der Waals surface area contributed by atoms with E-state index in [0.717, 1.165) is 5.92 Å². The van der Waals surface area contributed by atoms with E-state index in [9.17, 15) is 0 Å². The first-order chi connectivity index (χ1) is 5.36. The minimum Gasteiger partial charge on any atom is -0.304 e. The third-order valence-corrected chi connectivity index (χ3v) is 2.85. The normalized spacial score (nSPS) is 22.4. The third kappa shape index (κ3) is 2.82. The summed E-state index contributed by atoms with van der Waals surface area (Å²) < 4.78 is 0. The molecule has 1 heterocycles. The van der Waals surface area contributed by atoms with Crippen LogP contribution in [0.4, 0.5) is 0 Å². The van der Waals surface area contributed by atoms with E-state index in [2.05, 4.69) is 18.7 Å². The molecule has 0 unspecified atom stereocenters. The van der Waals surface area contributed by atoms with Crippen molar-refractivity contribution in [1.29, 1.82) is 0 Å². The summed E-state index contributed by atoms with van der Waals surface area (Å²) in [6.45, 7) is 8.51. The largest absolute Gasteiger partial charge is 0.304 e. The first-order valence-corrected chi connectivity index (χ1v) is 5.09. The molecule has 0 amide bonds. The number of nitrogens with zero attached hydrogens (tertiary/aromatic N) is 1. The van der Waals surface area contributed by atoms with Crippen LogP contribution in [0.3, 0.4) is 0 Å². The van der Waals surface area contributed by atoms with Gasteiger partial charge in [0.2, 0.25) is 0 Å². The van der Waals surface area contributed by atoms with Gasteiger partial charge in [0.1, 0.15) is 0 Å². The monoisotopic (exact) mass is 155 g/mol. The molecule has 0 radical (unpaired) electrons. The van der Waals surface area contributed by atoms with E-state index in [-0.39, 0.29) is 0 Å². The van der Waals surface area contributed by atoms with Gasteiger partial charge in [-0.2, -0.15) is 0 Å². The lowest BCUT2D eigenvalue weighted by Gasteiger charge is -2.30. The minimum absolute atomic E-state index is 1.04. The molecule has 1 rings (SSSR count). The highest BCUT2D eigenvalue weighted by atomic mass is 15.1. The van der Waals surface area contributed by atoms with Gasteiger partial charge >= 0.3 is 0 Å². The van der Waals surface area contributed by atoms with Crippen LogP contribution < -0.4 is 0 Å². The van der Waals surface area contributed by atoms with Gasteiger partial charge in [0.25, 0.3) is 0 Å². The van der Waals surface area contributed by atoms with Crippen molar-refractivity contribution in [3.8, 4) is 0 Å². The fraction of sp³-hybridized carbons (Fsp3) is 1.00. The molecule has 1 nitrogen and oxygen atoms in total. The Hall–Kier alpha value is -0.0400. The fourth-order valence-electron chi connectivity index (χ4n) is 2.00. The number of piperidine rings is 1.